The number of nitrogens with one attached hydrogen (secondary N) is 1. The summed E-state index contributed by atoms with van der Waals surface area (Å²) < 4.78 is 2.05. The Morgan fingerprint density at radius 2 is 1.83 bits per heavy atom. The van der Waals surface area contributed by atoms with Crippen LogP contribution < -0.4 is 4.90 Å². The van der Waals surface area contributed by atoms with Crippen LogP contribution in [0, 0.1) is 0 Å². The van der Waals surface area contributed by atoms with Gasteiger partial charge in [-0.1, -0.05) is 12.1 Å². The first-order valence-corrected chi connectivity index (χ1v) is 7.85. The average molecular weight is 317 g/mol. The third kappa shape index (κ3) is 2.34. The van der Waals surface area contributed by atoms with Crippen LogP contribution in [0.15, 0.2) is 55.2 Å². The SMILES string of the molecule is CN(C)c1ccc(-c2cnc3c(c2)c(-c2cnc[nH]2)cn3C)cc1. The van der Waals surface area contributed by atoms with Crippen molar-refractivity contribution in [1.29, 1.82) is 0 Å². The molecule has 0 unspecified atom stereocenters. The number of hydrogen-bond acceptors (Lipinski definition) is 3. The standard InChI is InChI=1S/C19H19N5/c1-23(2)15-6-4-13(5-7-15)14-8-16-17(18-10-20-12-22-18)11-24(3)19(16)21-9-14/h4-12H,1-3H3,(H,20,22). The fraction of sp³-hybridized carbons (Fsp3) is 0.158. The second-order valence-corrected chi connectivity index (χ2v) is 6.16. The minimum Gasteiger partial charge on any atom is -0.378 e. The quantitative estimate of drug-likeness (QED) is 0.627. The van der Waals surface area contributed by atoms with Crippen LogP contribution in [0.3, 0.4) is 0 Å². The Morgan fingerprint density at radius 1 is 1.04 bits per heavy atom. The molecule has 0 fully saturated rings. The Morgan fingerprint density at radius 3 is 2.50 bits per heavy atom. The van der Waals surface area contributed by atoms with Gasteiger partial charge < -0.3 is 14.5 Å². The summed E-state index contributed by atoms with van der Waals surface area (Å²) in [4.78, 5) is 14.1. The predicted octanol–water partition coefficient (Wildman–Crippen LogP) is 3.70. The third-order valence-corrected chi connectivity index (χ3v) is 4.32. The first kappa shape index (κ1) is 14.5. The van der Waals surface area contributed by atoms with Crippen molar-refractivity contribution in [3.63, 3.8) is 0 Å². The molecule has 4 rings (SSSR count). The van der Waals surface area contributed by atoms with Crippen LogP contribution in [0.4, 0.5) is 5.69 Å². The fourth-order valence-electron chi connectivity index (χ4n) is 2.99. The Bertz CT molecular complexity index is 979. The van der Waals surface area contributed by atoms with Crippen molar-refractivity contribution in [3.05, 3.63) is 55.2 Å². The van der Waals surface area contributed by atoms with Crippen molar-refractivity contribution in [1.82, 2.24) is 19.5 Å². The number of aromatic nitrogens is 4. The van der Waals surface area contributed by atoms with Crippen molar-refractivity contribution in [2.45, 2.75) is 0 Å². The highest BCUT2D eigenvalue weighted by Crippen LogP contribution is 2.31. The van der Waals surface area contributed by atoms with Gasteiger partial charge in [-0.3, -0.25) is 0 Å². The number of aromatic amines is 1. The number of H-pyrrole nitrogens is 1. The topological polar surface area (TPSA) is 49.7 Å². The summed E-state index contributed by atoms with van der Waals surface area (Å²) in [5, 5.41) is 1.12. The van der Waals surface area contributed by atoms with Gasteiger partial charge in [0, 0.05) is 55.7 Å². The molecule has 4 aromatic rings. The number of fused-ring (bicyclic) bond motifs is 1. The molecule has 0 aliphatic carbocycles. The van der Waals surface area contributed by atoms with E-state index in [1.165, 1.54) is 5.69 Å². The van der Waals surface area contributed by atoms with Crippen molar-refractivity contribution in [2.24, 2.45) is 7.05 Å². The molecule has 0 amide bonds. The van der Waals surface area contributed by atoms with Crippen LogP contribution in [-0.2, 0) is 7.05 Å². The van der Waals surface area contributed by atoms with E-state index in [1.54, 1.807) is 6.33 Å². The molecule has 0 saturated heterocycles. The van der Waals surface area contributed by atoms with Gasteiger partial charge in [0.1, 0.15) is 5.65 Å². The van der Waals surface area contributed by atoms with Gasteiger partial charge in [-0.05, 0) is 23.8 Å². The minimum absolute atomic E-state index is 0.966. The Labute approximate surface area is 140 Å². The first-order valence-electron chi connectivity index (χ1n) is 7.85. The molecule has 0 bridgehead atoms. The van der Waals surface area contributed by atoms with Gasteiger partial charge in [0.05, 0.1) is 18.2 Å². The van der Waals surface area contributed by atoms with E-state index >= 15 is 0 Å². The van der Waals surface area contributed by atoms with Crippen LogP contribution in [0.1, 0.15) is 0 Å². The lowest BCUT2D eigenvalue weighted by molar-refractivity contribution is 0.949. The van der Waals surface area contributed by atoms with E-state index in [1.807, 2.05) is 38.1 Å². The highest BCUT2D eigenvalue weighted by Gasteiger charge is 2.12. The van der Waals surface area contributed by atoms with Crippen LogP contribution in [0.2, 0.25) is 0 Å². The van der Waals surface area contributed by atoms with Crippen molar-refractivity contribution in [2.75, 3.05) is 19.0 Å². The van der Waals surface area contributed by atoms with Crippen LogP contribution in [-0.4, -0.2) is 33.6 Å². The van der Waals surface area contributed by atoms with Gasteiger partial charge >= 0.3 is 0 Å². The van der Waals surface area contributed by atoms with Gasteiger partial charge in [-0.2, -0.15) is 0 Å². The maximum atomic E-state index is 4.66. The predicted molar refractivity (Wildman–Crippen MR) is 98.1 cm³/mol. The lowest BCUT2D eigenvalue weighted by atomic mass is 10.0. The highest BCUT2D eigenvalue weighted by molar-refractivity contribution is 5.95. The molecule has 0 aliphatic rings. The molecular formula is C19H19N5. The van der Waals surface area contributed by atoms with Crippen molar-refractivity contribution in [3.8, 4) is 22.4 Å². The van der Waals surface area contributed by atoms with E-state index in [-0.39, 0.29) is 0 Å². The van der Waals surface area contributed by atoms with Gasteiger partial charge in [0.15, 0.2) is 0 Å². The molecule has 0 radical (unpaired) electrons. The van der Waals surface area contributed by atoms with Gasteiger partial charge in [-0.25, -0.2) is 9.97 Å². The van der Waals surface area contributed by atoms with E-state index in [0.29, 0.717) is 0 Å². The summed E-state index contributed by atoms with van der Waals surface area (Å²) in [5.74, 6) is 0. The summed E-state index contributed by atoms with van der Waals surface area (Å²) >= 11 is 0. The molecule has 0 spiro atoms. The van der Waals surface area contributed by atoms with Crippen LogP contribution in [0.5, 0.6) is 0 Å². The summed E-state index contributed by atoms with van der Waals surface area (Å²) in [5.41, 5.74) is 6.54. The maximum absolute atomic E-state index is 4.66. The molecule has 0 aliphatic heterocycles. The van der Waals surface area contributed by atoms with Crippen LogP contribution >= 0.6 is 0 Å². The molecule has 24 heavy (non-hydrogen) atoms. The Balaban J connectivity index is 1.84. The first-order chi connectivity index (χ1) is 11.6. The summed E-state index contributed by atoms with van der Waals surface area (Å²) in [6.07, 6.45) is 7.56. The normalized spacial score (nSPS) is 11.1. The molecular weight excluding hydrogens is 298 g/mol. The van der Waals surface area contributed by atoms with Crippen molar-refractivity contribution < 1.29 is 0 Å². The second-order valence-electron chi connectivity index (χ2n) is 6.16. The lowest BCUT2D eigenvalue weighted by Crippen LogP contribution is -2.07. The van der Waals surface area contributed by atoms with E-state index in [4.69, 9.17) is 0 Å². The number of rotatable bonds is 3. The zero-order valence-electron chi connectivity index (χ0n) is 14.0. The number of benzene rings is 1. The zero-order chi connectivity index (χ0) is 16.7. The van der Waals surface area contributed by atoms with Crippen molar-refractivity contribution >= 4 is 16.7 Å². The molecule has 120 valence electrons. The summed E-state index contributed by atoms with van der Waals surface area (Å²) in [7, 11) is 6.10. The molecule has 1 aromatic carbocycles. The molecule has 5 nitrogen and oxygen atoms in total. The van der Waals surface area contributed by atoms with Gasteiger partial charge in [-0.15, -0.1) is 0 Å². The highest BCUT2D eigenvalue weighted by atomic mass is 15.1. The van der Waals surface area contributed by atoms with Gasteiger partial charge in [0.2, 0.25) is 0 Å². The number of hydrogen-bond donors (Lipinski definition) is 1. The van der Waals surface area contributed by atoms with E-state index < -0.39 is 0 Å². The number of pyridine rings is 1. The number of anilines is 1. The largest absolute Gasteiger partial charge is 0.378 e. The lowest BCUT2D eigenvalue weighted by Gasteiger charge is -2.12. The van der Waals surface area contributed by atoms with Crippen LogP contribution in [0.25, 0.3) is 33.4 Å². The third-order valence-electron chi connectivity index (χ3n) is 4.32. The second kappa shape index (κ2) is 5.53. The molecule has 3 heterocycles. The molecule has 0 atom stereocenters. The molecule has 0 saturated carbocycles. The van der Waals surface area contributed by atoms with Gasteiger partial charge in [0.25, 0.3) is 0 Å². The number of aryl methyl sites for hydroxylation is 1. The van der Waals surface area contributed by atoms with E-state index in [0.717, 1.165) is 33.4 Å². The Hall–Kier alpha value is -3.08. The molecule has 3 aromatic heterocycles. The molecule has 1 N–H and O–H groups in total. The van der Waals surface area contributed by atoms with E-state index in [9.17, 15) is 0 Å². The molecule has 5 heteroatoms. The zero-order valence-corrected chi connectivity index (χ0v) is 14.0. The minimum atomic E-state index is 0.966. The summed E-state index contributed by atoms with van der Waals surface area (Å²) in [6, 6.07) is 10.7. The fourth-order valence-corrected chi connectivity index (χ4v) is 2.99. The monoisotopic (exact) mass is 317 g/mol. The average Bonchev–Trinajstić information content (AvgIpc) is 3.23. The van der Waals surface area contributed by atoms with E-state index in [2.05, 4.69) is 56.4 Å². The maximum Gasteiger partial charge on any atom is 0.140 e. The Kier molecular flexibility index (Phi) is 3.34. The summed E-state index contributed by atoms with van der Waals surface area (Å²) in [6.45, 7) is 0. The smallest absolute Gasteiger partial charge is 0.140 e. The number of nitrogens with zero attached hydrogens (tertiary/aromatic N) is 4. The number of imidazole rings is 1.